The highest BCUT2D eigenvalue weighted by Gasteiger charge is 2.18. The molecule has 2 N–H and O–H groups in total. The van der Waals surface area contributed by atoms with Crippen LogP contribution in [0.2, 0.25) is 0 Å². The Morgan fingerprint density at radius 2 is 2.24 bits per heavy atom. The normalized spacial score (nSPS) is 12.4. The van der Waals surface area contributed by atoms with Crippen LogP contribution in [0.4, 0.5) is 0 Å². The Morgan fingerprint density at radius 1 is 1.41 bits per heavy atom. The minimum Gasteiger partial charge on any atom is -0.494 e. The van der Waals surface area contributed by atoms with Crippen LogP contribution in [0.5, 0.6) is 5.75 Å². The fourth-order valence-electron chi connectivity index (χ4n) is 1.80. The largest absolute Gasteiger partial charge is 0.494 e. The number of hydrogen-bond acceptors (Lipinski definition) is 4. The zero-order valence-electron chi connectivity index (χ0n) is 9.97. The third-order valence-corrected chi connectivity index (χ3v) is 2.53. The lowest BCUT2D eigenvalue weighted by atomic mass is 10.1. The van der Waals surface area contributed by atoms with Gasteiger partial charge in [0.25, 0.3) is 0 Å². The summed E-state index contributed by atoms with van der Waals surface area (Å²) in [6.07, 6.45) is 1.50. The molecular formula is C12H16N4O. The average molecular weight is 232 g/mol. The van der Waals surface area contributed by atoms with Gasteiger partial charge in [0.15, 0.2) is 0 Å². The molecule has 0 aliphatic rings. The number of aromatic amines is 1. The number of H-pyrrole nitrogens is 1. The molecule has 1 aromatic carbocycles. The topological polar surface area (TPSA) is 62.8 Å². The molecule has 17 heavy (non-hydrogen) atoms. The molecule has 1 atom stereocenters. The van der Waals surface area contributed by atoms with E-state index in [1.54, 1.807) is 0 Å². The molecule has 2 rings (SSSR count). The summed E-state index contributed by atoms with van der Waals surface area (Å²) >= 11 is 0. The van der Waals surface area contributed by atoms with Crippen LogP contribution in [0.15, 0.2) is 30.6 Å². The fraction of sp³-hybridized carbons (Fsp3) is 0.333. The monoisotopic (exact) mass is 232 g/mol. The lowest BCUT2D eigenvalue weighted by molar-refractivity contribution is 0.333. The zero-order valence-corrected chi connectivity index (χ0v) is 9.97. The van der Waals surface area contributed by atoms with Gasteiger partial charge in [-0.1, -0.05) is 18.2 Å². The smallest absolute Gasteiger partial charge is 0.146 e. The standard InChI is InChI=1S/C12H16N4O/c1-3-17-10-7-5-4-6-9(10)11(13-2)12-14-8-15-16-12/h4-8,11,13H,3H2,1-2H3,(H,14,15,16). The van der Waals surface area contributed by atoms with Gasteiger partial charge < -0.3 is 10.1 Å². The number of ether oxygens (including phenoxy) is 1. The first kappa shape index (κ1) is 11.6. The van der Waals surface area contributed by atoms with Crippen LogP contribution in [-0.4, -0.2) is 28.8 Å². The molecule has 0 saturated carbocycles. The lowest BCUT2D eigenvalue weighted by Crippen LogP contribution is -2.20. The first-order chi connectivity index (χ1) is 8.36. The summed E-state index contributed by atoms with van der Waals surface area (Å²) < 4.78 is 5.62. The van der Waals surface area contributed by atoms with Crippen LogP contribution in [0.25, 0.3) is 0 Å². The molecule has 5 nitrogen and oxygen atoms in total. The Labute approximate surface area is 100 Å². The molecular weight excluding hydrogens is 216 g/mol. The zero-order chi connectivity index (χ0) is 12.1. The van der Waals surface area contributed by atoms with Crippen LogP contribution >= 0.6 is 0 Å². The summed E-state index contributed by atoms with van der Waals surface area (Å²) in [7, 11) is 1.88. The van der Waals surface area contributed by atoms with Crippen molar-refractivity contribution in [3.63, 3.8) is 0 Å². The maximum atomic E-state index is 5.62. The molecule has 0 aliphatic heterocycles. The van der Waals surface area contributed by atoms with Crippen molar-refractivity contribution in [2.75, 3.05) is 13.7 Å². The van der Waals surface area contributed by atoms with Crippen LogP contribution in [-0.2, 0) is 0 Å². The fourth-order valence-corrected chi connectivity index (χ4v) is 1.80. The number of aromatic nitrogens is 3. The van der Waals surface area contributed by atoms with Crippen molar-refractivity contribution in [2.24, 2.45) is 0 Å². The van der Waals surface area contributed by atoms with E-state index in [4.69, 9.17) is 4.74 Å². The van der Waals surface area contributed by atoms with E-state index in [1.807, 2.05) is 38.2 Å². The third kappa shape index (κ3) is 2.45. The molecule has 5 heteroatoms. The number of benzene rings is 1. The lowest BCUT2D eigenvalue weighted by Gasteiger charge is -2.17. The van der Waals surface area contributed by atoms with Gasteiger partial charge in [0.2, 0.25) is 0 Å². The Kier molecular flexibility index (Phi) is 3.72. The highest BCUT2D eigenvalue weighted by molar-refractivity contribution is 5.38. The second-order valence-electron chi connectivity index (χ2n) is 3.56. The van der Waals surface area contributed by atoms with E-state index in [1.165, 1.54) is 6.33 Å². The molecule has 0 fully saturated rings. The highest BCUT2D eigenvalue weighted by atomic mass is 16.5. The summed E-state index contributed by atoms with van der Waals surface area (Å²) in [4.78, 5) is 4.18. The van der Waals surface area contributed by atoms with E-state index in [2.05, 4.69) is 20.5 Å². The molecule has 90 valence electrons. The van der Waals surface area contributed by atoms with Gasteiger partial charge in [-0.3, -0.25) is 5.10 Å². The Hall–Kier alpha value is -1.88. The summed E-state index contributed by atoms with van der Waals surface area (Å²) in [5.74, 6) is 1.64. The molecule has 1 aromatic heterocycles. The molecule has 0 bridgehead atoms. The Bertz CT molecular complexity index is 455. The first-order valence-electron chi connectivity index (χ1n) is 5.61. The maximum absolute atomic E-state index is 5.62. The maximum Gasteiger partial charge on any atom is 0.146 e. The molecule has 2 aromatic rings. The number of nitrogens with one attached hydrogen (secondary N) is 2. The number of nitrogens with zero attached hydrogens (tertiary/aromatic N) is 2. The van der Waals surface area contributed by atoms with Crippen molar-refractivity contribution in [3.8, 4) is 5.75 Å². The minimum atomic E-state index is -0.0414. The highest BCUT2D eigenvalue weighted by Crippen LogP contribution is 2.27. The van der Waals surface area contributed by atoms with Crippen molar-refractivity contribution >= 4 is 0 Å². The van der Waals surface area contributed by atoms with Crippen molar-refractivity contribution < 1.29 is 4.74 Å². The van der Waals surface area contributed by atoms with Crippen molar-refractivity contribution in [1.82, 2.24) is 20.5 Å². The quantitative estimate of drug-likeness (QED) is 0.820. The van der Waals surface area contributed by atoms with E-state index < -0.39 is 0 Å². The minimum absolute atomic E-state index is 0.0414. The Balaban J connectivity index is 2.37. The summed E-state index contributed by atoms with van der Waals surface area (Å²) in [6.45, 7) is 2.61. The van der Waals surface area contributed by atoms with E-state index in [0.29, 0.717) is 6.61 Å². The molecule has 0 aliphatic carbocycles. The van der Waals surface area contributed by atoms with Crippen molar-refractivity contribution in [2.45, 2.75) is 13.0 Å². The number of para-hydroxylation sites is 1. The molecule has 0 amide bonds. The first-order valence-corrected chi connectivity index (χ1v) is 5.61. The predicted molar refractivity (Wildman–Crippen MR) is 64.9 cm³/mol. The second-order valence-corrected chi connectivity index (χ2v) is 3.56. The molecule has 1 unspecified atom stereocenters. The van der Waals surface area contributed by atoms with Crippen LogP contribution in [0, 0.1) is 0 Å². The second kappa shape index (κ2) is 5.45. The van der Waals surface area contributed by atoms with Gasteiger partial charge >= 0.3 is 0 Å². The van der Waals surface area contributed by atoms with E-state index in [9.17, 15) is 0 Å². The van der Waals surface area contributed by atoms with Gasteiger partial charge in [0.1, 0.15) is 17.9 Å². The van der Waals surface area contributed by atoms with Crippen LogP contribution in [0.1, 0.15) is 24.4 Å². The van der Waals surface area contributed by atoms with Crippen LogP contribution < -0.4 is 10.1 Å². The summed E-state index contributed by atoms with van der Waals surface area (Å²) in [5, 5.41) is 9.96. The number of hydrogen-bond donors (Lipinski definition) is 2. The van der Waals surface area contributed by atoms with Crippen molar-refractivity contribution in [1.29, 1.82) is 0 Å². The molecule has 0 radical (unpaired) electrons. The third-order valence-electron chi connectivity index (χ3n) is 2.53. The van der Waals surface area contributed by atoms with Crippen LogP contribution in [0.3, 0.4) is 0 Å². The van der Waals surface area contributed by atoms with E-state index in [0.717, 1.165) is 17.1 Å². The van der Waals surface area contributed by atoms with E-state index in [-0.39, 0.29) is 6.04 Å². The molecule has 1 heterocycles. The van der Waals surface area contributed by atoms with Gasteiger partial charge in [-0.15, -0.1) is 0 Å². The number of rotatable bonds is 5. The predicted octanol–water partition coefficient (Wildman–Crippen LogP) is 1.51. The van der Waals surface area contributed by atoms with E-state index >= 15 is 0 Å². The van der Waals surface area contributed by atoms with Gasteiger partial charge in [0.05, 0.1) is 12.6 Å². The van der Waals surface area contributed by atoms with Gasteiger partial charge in [-0.05, 0) is 20.0 Å². The Morgan fingerprint density at radius 3 is 2.88 bits per heavy atom. The molecule has 0 spiro atoms. The average Bonchev–Trinajstić information content (AvgIpc) is 2.86. The van der Waals surface area contributed by atoms with Gasteiger partial charge in [-0.25, -0.2) is 4.98 Å². The SMILES string of the molecule is CCOc1ccccc1C(NC)c1ncn[nH]1. The molecule has 0 saturated heterocycles. The summed E-state index contributed by atoms with van der Waals surface area (Å²) in [5.41, 5.74) is 1.05. The van der Waals surface area contributed by atoms with Gasteiger partial charge in [0, 0.05) is 5.56 Å². The van der Waals surface area contributed by atoms with Gasteiger partial charge in [-0.2, -0.15) is 5.10 Å². The van der Waals surface area contributed by atoms with Crippen molar-refractivity contribution in [3.05, 3.63) is 42.0 Å². The summed E-state index contributed by atoms with van der Waals surface area (Å²) in [6, 6.07) is 7.88.